The zero-order chi connectivity index (χ0) is 11.4. The molecule has 4 atom stereocenters. The highest BCUT2D eigenvalue weighted by Gasteiger charge is 2.29. The van der Waals surface area contributed by atoms with Gasteiger partial charge < -0.3 is 14.8 Å². The predicted octanol–water partition coefficient (Wildman–Crippen LogP) is 2.10. The van der Waals surface area contributed by atoms with Gasteiger partial charge in [0.05, 0.1) is 12.2 Å². The fourth-order valence-electron chi connectivity index (χ4n) is 2.81. The van der Waals surface area contributed by atoms with Crippen LogP contribution >= 0.6 is 0 Å². The summed E-state index contributed by atoms with van der Waals surface area (Å²) in [4.78, 5) is 0. The summed E-state index contributed by atoms with van der Waals surface area (Å²) in [6.45, 7) is 6.24. The predicted molar refractivity (Wildman–Crippen MR) is 64.6 cm³/mol. The van der Waals surface area contributed by atoms with Crippen molar-refractivity contribution in [1.82, 2.24) is 5.32 Å². The third-order valence-corrected chi connectivity index (χ3v) is 3.80. The van der Waals surface area contributed by atoms with E-state index < -0.39 is 0 Å². The Hall–Kier alpha value is -0.120. The van der Waals surface area contributed by atoms with Gasteiger partial charge in [0.1, 0.15) is 0 Å². The van der Waals surface area contributed by atoms with Gasteiger partial charge in [0, 0.05) is 25.3 Å². The molecule has 0 aromatic carbocycles. The molecule has 2 aliphatic rings. The Balaban J connectivity index is 1.76. The molecule has 0 amide bonds. The van der Waals surface area contributed by atoms with Crippen molar-refractivity contribution in [2.24, 2.45) is 0 Å². The van der Waals surface area contributed by atoms with Gasteiger partial charge in [-0.15, -0.1) is 0 Å². The van der Waals surface area contributed by atoms with Gasteiger partial charge in [0.15, 0.2) is 0 Å². The van der Waals surface area contributed by atoms with E-state index in [-0.39, 0.29) is 0 Å². The quantitative estimate of drug-likeness (QED) is 0.798. The van der Waals surface area contributed by atoms with Gasteiger partial charge >= 0.3 is 0 Å². The molecule has 2 heterocycles. The van der Waals surface area contributed by atoms with E-state index in [1.54, 1.807) is 0 Å². The molecule has 4 unspecified atom stereocenters. The van der Waals surface area contributed by atoms with Gasteiger partial charge in [-0.05, 0) is 32.6 Å². The van der Waals surface area contributed by atoms with E-state index in [9.17, 15) is 0 Å². The van der Waals surface area contributed by atoms with Crippen molar-refractivity contribution in [3.8, 4) is 0 Å². The monoisotopic (exact) mass is 227 g/mol. The van der Waals surface area contributed by atoms with Crippen LogP contribution in [0.5, 0.6) is 0 Å². The third kappa shape index (κ3) is 3.19. The molecule has 1 N–H and O–H groups in total. The minimum Gasteiger partial charge on any atom is -0.378 e. The molecule has 0 radical (unpaired) electrons. The van der Waals surface area contributed by atoms with E-state index >= 15 is 0 Å². The highest BCUT2D eigenvalue weighted by atomic mass is 16.5. The van der Waals surface area contributed by atoms with Gasteiger partial charge in [-0.25, -0.2) is 0 Å². The SMILES string of the molecule is CCCC1CC(NC2CCOC2C)CCO1. The number of hydrogen-bond acceptors (Lipinski definition) is 3. The average molecular weight is 227 g/mol. The first-order chi connectivity index (χ1) is 7.79. The summed E-state index contributed by atoms with van der Waals surface area (Å²) >= 11 is 0. The molecule has 2 aliphatic heterocycles. The largest absolute Gasteiger partial charge is 0.378 e. The van der Waals surface area contributed by atoms with E-state index in [0.717, 1.165) is 26.1 Å². The Morgan fingerprint density at radius 2 is 2.00 bits per heavy atom. The number of nitrogens with one attached hydrogen (secondary N) is 1. The minimum absolute atomic E-state index is 0.382. The molecule has 0 saturated carbocycles. The fourth-order valence-corrected chi connectivity index (χ4v) is 2.81. The molecule has 3 heteroatoms. The van der Waals surface area contributed by atoms with Crippen LogP contribution in [0.3, 0.4) is 0 Å². The average Bonchev–Trinajstić information content (AvgIpc) is 2.66. The topological polar surface area (TPSA) is 30.5 Å². The molecular formula is C13H25NO2. The first-order valence-corrected chi connectivity index (χ1v) is 6.79. The summed E-state index contributed by atoms with van der Waals surface area (Å²) in [6, 6.07) is 1.20. The highest BCUT2D eigenvalue weighted by Crippen LogP contribution is 2.21. The molecule has 2 saturated heterocycles. The van der Waals surface area contributed by atoms with Crippen LogP contribution in [-0.4, -0.2) is 37.5 Å². The van der Waals surface area contributed by atoms with E-state index in [1.807, 2.05) is 0 Å². The van der Waals surface area contributed by atoms with E-state index in [2.05, 4.69) is 19.2 Å². The maximum Gasteiger partial charge on any atom is 0.0700 e. The fraction of sp³-hybridized carbons (Fsp3) is 1.00. The van der Waals surface area contributed by atoms with Gasteiger partial charge in [-0.3, -0.25) is 0 Å². The summed E-state index contributed by atoms with van der Waals surface area (Å²) in [5, 5.41) is 3.75. The standard InChI is InChI=1S/C13H25NO2/c1-3-4-12-9-11(5-7-16-12)14-13-6-8-15-10(13)2/h10-14H,3-9H2,1-2H3. The zero-order valence-electron chi connectivity index (χ0n) is 10.6. The number of rotatable bonds is 4. The van der Waals surface area contributed by atoms with Crippen molar-refractivity contribution in [3.05, 3.63) is 0 Å². The lowest BCUT2D eigenvalue weighted by atomic mass is 9.98. The second kappa shape index (κ2) is 5.99. The van der Waals surface area contributed by atoms with Crippen LogP contribution < -0.4 is 5.32 Å². The van der Waals surface area contributed by atoms with Crippen molar-refractivity contribution < 1.29 is 9.47 Å². The van der Waals surface area contributed by atoms with E-state index in [1.165, 1.54) is 19.3 Å². The lowest BCUT2D eigenvalue weighted by molar-refractivity contribution is -0.00682. The second-order valence-electron chi connectivity index (χ2n) is 5.14. The molecule has 0 spiro atoms. The summed E-state index contributed by atoms with van der Waals surface area (Å²) in [5.41, 5.74) is 0. The van der Waals surface area contributed by atoms with Gasteiger partial charge in [0.2, 0.25) is 0 Å². The van der Waals surface area contributed by atoms with Crippen molar-refractivity contribution in [2.75, 3.05) is 13.2 Å². The molecule has 2 rings (SSSR count). The van der Waals surface area contributed by atoms with Crippen LogP contribution in [0.15, 0.2) is 0 Å². The molecule has 3 nitrogen and oxygen atoms in total. The van der Waals surface area contributed by atoms with Gasteiger partial charge in [0.25, 0.3) is 0 Å². The Kier molecular flexibility index (Phi) is 4.62. The first kappa shape index (κ1) is 12.3. The smallest absolute Gasteiger partial charge is 0.0700 e. The molecule has 0 aliphatic carbocycles. The minimum atomic E-state index is 0.382. The van der Waals surface area contributed by atoms with Crippen molar-refractivity contribution in [1.29, 1.82) is 0 Å². The first-order valence-electron chi connectivity index (χ1n) is 6.79. The number of ether oxygens (including phenoxy) is 2. The maximum atomic E-state index is 5.77. The van der Waals surface area contributed by atoms with Crippen LogP contribution in [0.25, 0.3) is 0 Å². The van der Waals surface area contributed by atoms with E-state index in [0.29, 0.717) is 24.3 Å². The summed E-state index contributed by atoms with van der Waals surface area (Å²) in [6.07, 6.45) is 6.79. The third-order valence-electron chi connectivity index (χ3n) is 3.80. The van der Waals surface area contributed by atoms with E-state index in [4.69, 9.17) is 9.47 Å². The lowest BCUT2D eigenvalue weighted by Gasteiger charge is -2.32. The Morgan fingerprint density at radius 1 is 1.19 bits per heavy atom. The Morgan fingerprint density at radius 3 is 2.69 bits per heavy atom. The highest BCUT2D eigenvalue weighted by molar-refractivity contribution is 4.85. The van der Waals surface area contributed by atoms with Crippen molar-refractivity contribution in [3.63, 3.8) is 0 Å². The summed E-state index contributed by atoms with van der Waals surface area (Å²) in [5.74, 6) is 0. The normalized spacial score (nSPS) is 40.1. The number of hydrogen-bond donors (Lipinski definition) is 1. The van der Waals surface area contributed by atoms with Gasteiger partial charge in [-0.1, -0.05) is 13.3 Å². The molecule has 94 valence electrons. The van der Waals surface area contributed by atoms with Crippen LogP contribution in [0.2, 0.25) is 0 Å². The van der Waals surface area contributed by atoms with Crippen LogP contribution in [0.4, 0.5) is 0 Å². The van der Waals surface area contributed by atoms with Crippen LogP contribution in [-0.2, 0) is 9.47 Å². The van der Waals surface area contributed by atoms with Gasteiger partial charge in [-0.2, -0.15) is 0 Å². The Labute approximate surface area is 98.9 Å². The van der Waals surface area contributed by atoms with Crippen LogP contribution in [0.1, 0.15) is 46.0 Å². The zero-order valence-corrected chi connectivity index (χ0v) is 10.6. The lowest BCUT2D eigenvalue weighted by Crippen LogP contribution is -2.46. The molecule has 0 bridgehead atoms. The summed E-state index contributed by atoms with van der Waals surface area (Å²) in [7, 11) is 0. The van der Waals surface area contributed by atoms with Crippen molar-refractivity contribution in [2.45, 2.75) is 70.2 Å². The second-order valence-corrected chi connectivity index (χ2v) is 5.14. The summed E-state index contributed by atoms with van der Waals surface area (Å²) < 4.78 is 11.4. The maximum absolute atomic E-state index is 5.77. The van der Waals surface area contributed by atoms with Crippen LogP contribution in [0, 0.1) is 0 Å². The molecule has 0 aromatic heterocycles. The molecule has 0 aromatic rings. The molecule has 2 fully saturated rings. The van der Waals surface area contributed by atoms with Crippen molar-refractivity contribution >= 4 is 0 Å². The Bertz CT molecular complexity index is 208. The molecular weight excluding hydrogens is 202 g/mol. The molecule has 16 heavy (non-hydrogen) atoms.